The fraction of sp³-hybridized carbons (Fsp3) is 0.350. The first-order chi connectivity index (χ1) is 13.4. The van der Waals surface area contributed by atoms with Gasteiger partial charge in [-0.05, 0) is 30.5 Å². The number of methoxy groups -OCH3 is 1. The fourth-order valence-electron chi connectivity index (χ4n) is 3.53. The number of carbonyl (C=O) groups excluding carboxylic acids is 3. The molecular weight excluding hydrogens is 385 g/mol. The molecule has 3 rings (SSSR count). The van der Waals surface area contributed by atoms with Crippen LogP contribution in [0.2, 0.25) is 0 Å². The van der Waals surface area contributed by atoms with Gasteiger partial charge < -0.3 is 20.0 Å². The van der Waals surface area contributed by atoms with Crippen LogP contribution < -0.4 is 10.4 Å². The summed E-state index contributed by atoms with van der Waals surface area (Å²) in [6, 6.07) is 5.61. The molecule has 1 saturated carbocycles. The highest BCUT2D eigenvalue weighted by Gasteiger charge is 2.33. The maximum Gasteiger partial charge on any atom is 0.341 e. The molecule has 28 heavy (non-hydrogen) atoms. The van der Waals surface area contributed by atoms with Gasteiger partial charge in [-0.15, -0.1) is 11.3 Å². The Hall–Kier alpha value is -2.74. The molecule has 2 atom stereocenters. The van der Waals surface area contributed by atoms with Gasteiger partial charge in [0.15, 0.2) is 0 Å². The zero-order chi connectivity index (χ0) is 20.3. The number of thiophene rings is 1. The summed E-state index contributed by atoms with van der Waals surface area (Å²) < 4.78 is 18.1. The molecule has 1 heterocycles. The van der Waals surface area contributed by atoms with Crippen molar-refractivity contribution in [3.05, 3.63) is 41.0 Å². The van der Waals surface area contributed by atoms with Gasteiger partial charge in [-0.1, -0.05) is 25.0 Å². The number of carbonyl (C=O) groups is 3. The van der Waals surface area contributed by atoms with E-state index in [4.69, 9.17) is 4.74 Å². The van der Waals surface area contributed by atoms with E-state index in [0.717, 1.165) is 24.2 Å². The van der Waals surface area contributed by atoms with Crippen LogP contribution in [0, 0.1) is 17.7 Å². The van der Waals surface area contributed by atoms with Crippen LogP contribution in [0.1, 0.15) is 36.0 Å². The molecule has 2 aromatic rings. The Kier molecular flexibility index (Phi) is 6.08. The van der Waals surface area contributed by atoms with Crippen molar-refractivity contribution >= 4 is 34.2 Å². The maximum atomic E-state index is 13.2. The van der Waals surface area contributed by atoms with E-state index in [2.05, 4.69) is 5.32 Å². The van der Waals surface area contributed by atoms with Crippen molar-refractivity contribution in [1.82, 2.24) is 0 Å². The lowest BCUT2D eigenvalue weighted by Crippen LogP contribution is -2.42. The van der Waals surface area contributed by atoms with E-state index in [-0.39, 0.29) is 10.6 Å². The molecule has 1 aromatic carbocycles. The van der Waals surface area contributed by atoms with Crippen molar-refractivity contribution in [2.75, 3.05) is 12.4 Å². The number of benzene rings is 1. The first kappa shape index (κ1) is 20.0. The Morgan fingerprint density at radius 2 is 1.79 bits per heavy atom. The molecule has 148 valence electrons. The zero-order valence-electron chi connectivity index (χ0n) is 15.2. The molecule has 1 fully saturated rings. The molecular formula is C20H19FNO5S-. The van der Waals surface area contributed by atoms with Gasteiger partial charge in [0, 0.05) is 28.7 Å². The van der Waals surface area contributed by atoms with E-state index in [0.29, 0.717) is 24.0 Å². The summed E-state index contributed by atoms with van der Waals surface area (Å²) in [5, 5.41) is 16.0. The lowest BCUT2D eigenvalue weighted by Gasteiger charge is -2.31. The number of anilines is 1. The smallest absolute Gasteiger partial charge is 0.341 e. The molecule has 1 N–H and O–H groups in total. The molecule has 1 aliphatic carbocycles. The summed E-state index contributed by atoms with van der Waals surface area (Å²) in [4.78, 5) is 36.4. The Balaban J connectivity index is 1.91. The van der Waals surface area contributed by atoms with Crippen molar-refractivity contribution < 1.29 is 28.6 Å². The number of hydrogen-bond acceptors (Lipinski definition) is 6. The molecule has 0 bridgehead atoms. The molecule has 0 radical (unpaired) electrons. The predicted octanol–water partition coefficient (Wildman–Crippen LogP) is 2.84. The highest BCUT2D eigenvalue weighted by molar-refractivity contribution is 7.15. The molecule has 0 aliphatic heterocycles. The first-order valence-electron chi connectivity index (χ1n) is 8.89. The minimum absolute atomic E-state index is 0.160. The van der Waals surface area contributed by atoms with Crippen molar-refractivity contribution in [3.8, 4) is 11.1 Å². The number of esters is 1. The van der Waals surface area contributed by atoms with Crippen LogP contribution in [0.5, 0.6) is 0 Å². The van der Waals surface area contributed by atoms with E-state index in [1.165, 1.54) is 31.4 Å². The van der Waals surface area contributed by atoms with Gasteiger partial charge in [-0.3, -0.25) is 4.79 Å². The molecule has 1 aliphatic rings. The summed E-state index contributed by atoms with van der Waals surface area (Å²) in [5.41, 5.74) is 1.27. The summed E-state index contributed by atoms with van der Waals surface area (Å²) >= 11 is 1.13. The maximum absolute atomic E-state index is 13.2. The second-order valence-corrected chi connectivity index (χ2v) is 7.54. The van der Waals surface area contributed by atoms with Crippen LogP contribution >= 0.6 is 11.3 Å². The number of ether oxygens (including phenoxy) is 1. The van der Waals surface area contributed by atoms with E-state index in [1.807, 2.05) is 0 Å². The SMILES string of the molecule is COC(=O)c1c(-c2ccc(F)cc2)csc1NC(=O)[C@@H]1CCCC[C@H]1C(=O)[O-]. The lowest BCUT2D eigenvalue weighted by atomic mass is 9.79. The van der Waals surface area contributed by atoms with E-state index < -0.39 is 35.5 Å². The number of hydrogen-bond donors (Lipinski definition) is 1. The Bertz CT molecular complexity index is 893. The van der Waals surface area contributed by atoms with Gasteiger partial charge in [-0.25, -0.2) is 9.18 Å². The molecule has 1 aromatic heterocycles. The average molecular weight is 404 g/mol. The standard InChI is InChI=1S/C20H20FNO5S/c1-27-20(26)16-15(11-6-8-12(21)9-7-11)10-28-18(16)22-17(23)13-4-2-3-5-14(13)19(24)25/h6-10,13-14H,2-5H2,1H3,(H,22,23)(H,24,25)/p-1/t13-,14-/m1/s1. The van der Waals surface area contributed by atoms with E-state index in [1.54, 1.807) is 5.38 Å². The van der Waals surface area contributed by atoms with E-state index >= 15 is 0 Å². The molecule has 0 saturated heterocycles. The third-order valence-electron chi connectivity index (χ3n) is 4.98. The Labute approximate surface area is 165 Å². The zero-order valence-corrected chi connectivity index (χ0v) is 16.0. The van der Waals surface area contributed by atoms with Crippen LogP contribution in [-0.2, 0) is 14.3 Å². The van der Waals surface area contributed by atoms with E-state index in [9.17, 15) is 23.9 Å². The van der Waals surface area contributed by atoms with Gasteiger partial charge in [-0.2, -0.15) is 0 Å². The third-order valence-corrected chi connectivity index (χ3v) is 5.87. The van der Waals surface area contributed by atoms with Crippen LogP contribution in [0.3, 0.4) is 0 Å². The minimum atomic E-state index is -1.23. The summed E-state index contributed by atoms with van der Waals surface area (Å²) in [6.07, 6.45) is 2.35. The van der Waals surface area contributed by atoms with Crippen molar-refractivity contribution in [3.63, 3.8) is 0 Å². The number of carboxylic acid groups (broad SMARTS) is 1. The van der Waals surface area contributed by atoms with Gasteiger partial charge in [0.25, 0.3) is 0 Å². The summed E-state index contributed by atoms with van der Waals surface area (Å²) in [7, 11) is 1.23. The highest BCUT2D eigenvalue weighted by atomic mass is 32.1. The quantitative estimate of drug-likeness (QED) is 0.773. The van der Waals surface area contributed by atoms with Gasteiger partial charge in [0.1, 0.15) is 16.4 Å². The second kappa shape index (κ2) is 8.52. The highest BCUT2D eigenvalue weighted by Crippen LogP contribution is 2.38. The van der Waals surface area contributed by atoms with Crippen LogP contribution in [0.15, 0.2) is 29.6 Å². The van der Waals surface area contributed by atoms with Crippen molar-refractivity contribution in [2.45, 2.75) is 25.7 Å². The molecule has 8 heteroatoms. The molecule has 1 amide bonds. The van der Waals surface area contributed by atoms with Crippen LogP contribution in [0.25, 0.3) is 11.1 Å². The minimum Gasteiger partial charge on any atom is -0.550 e. The number of halogens is 1. The largest absolute Gasteiger partial charge is 0.550 e. The number of nitrogens with one attached hydrogen (secondary N) is 1. The number of carboxylic acids is 1. The third kappa shape index (κ3) is 4.06. The second-order valence-electron chi connectivity index (χ2n) is 6.66. The molecule has 0 unspecified atom stereocenters. The predicted molar refractivity (Wildman–Crippen MR) is 100 cm³/mol. The van der Waals surface area contributed by atoms with Gasteiger partial charge in [0.05, 0.1) is 7.11 Å². The fourth-order valence-corrected chi connectivity index (χ4v) is 4.49. The number of amides is 1. The Morgan fingerprint density at radius 3 is 2.39 bits per heavy atom. The molecule has 0 spiro atoms. The first-order valence-corrected chi connectivity index (χ1v) is 9.77. The number of aliphatic carboxylic acids is 1. The Morgan fingerprint density at radius 1 is 1.14 bits per heavy atom. The van der Waals surface area contributed by atoms with Crippen LogP contribution in [0.4, 0.5) is 9.39 Å². The normalized spacial score (nSPS) is 19.1. The monoisotopic (exact) mass is 404 g/mol. The van der Waals surface area contributed by atoms with Gasteiger partial charge >= 0.3 is 5.97 Å². The topological polar surface area (TPSA) is 95.5 Å². The molecule has 6 nitrogen and oxygen atoms in total. The number of rotatable bonds is 5. The summed E-state index contributed by atoms with van der Waals surface area (Å²) in [5.74, 6) is -4.28. The van der Waals surface area contributed by atoms with Gasteiger partial charge in [0.2, 0.25) is 5.91 Å². The summed E-state index contributed by atoms with van der Waals surface area (Å²) in [6.45, 7) is 0. The van der Waals surface area contributed by atoms with Crippen LogP contribution in [-0.4, -0.2) is 25.0 Å². The van der Waals surface area contributed by atoms with Crippen molar-refractivity contribution in [2.24, 2.45) is 11.8 Å². The van der Waals surface area contributed by atoms with Crippen molar-refractivity contribution in [1.29, 1.82) is 0 Å². The average Bonchev–Trinajstić information content (AvgIpc) is 3.11. The lowest BCUT2D eigenvalue weighted by molar-refractivity contribution is -0.313.